The standard InChI is InChI=1S/C32H30N4O4/c37-28(21-23-9-3-1-4-10-23)35-27-16-14-25(15-17-27)30-29(31(38)34-20-18-26-13-7-8-19-33-26)36(32(39)40-30)22-24-11-5-2-6-12-24/h1-17,19,29-30H,18,20-22H2,(H,34,38)(H,35,37). The number of amides is 3. The molecule has 8 heteroatoms. The van der Waals surface area contributed by atoms with Crippen molar-refractivity contribution in [1.29, 1.82) is 0 Å². The second kappa shape index (κ2) is 12.7. The van der Waals surface area contributed by atoms with Gasteiger partial charge in [-0.05, 0) is 41.0 Å². The molecule has 5 rings (SSSR count). The van der Waals surface area contributed by atoms with E-state index in [-0.39, 0.29) is 24.8 Å². The molecular formula is C32H30N4O4. The zero-order chi connectivity index (χ0) is 27.7. The highest BCUT2D eigenvalue weighted by molar-refractivity contribution is 5.92. The Balaban J connectivity index is 1.30. The van der Waals surface area contributed by atoms with Crippen molar-refractivity contribution in [1.82, 2.24) is 15.2 Å². The van der Waals surface area contributed by atoms with Crippen molar-refractivity contribution in [3.8, 4) is 0 Å². The Kier molecular flexibility index (Phi) is 8.46. The third-order valence-corrected chi connectivity index (χ3v) is 6.69. The van der Waals surface area contributed by atoms with Gasteiger partial charge in [-0.25, -0.2) is 4.79 Å². The number of aromatic nitrogens is 1. The number of carbonyl (C=O) groups excluding carboxylic acids is 3. The van der Waals surface area contributed by atoms with Crippen LogP contribution in [-0.2, 0) is 33.7 Å². The number of rotatable bonds is 10. The van der Waals surface area contributed by atoms with Gasteiger partial charge < -0.3 is 15.4 Å². The number of nitrogens with zero attached hydrogens (tertiary/aromatic N) is 2. The molecule has 1 fully saturated rings. The maximum atomic E-state index is 13.5. The largest absolute Gasteiger partial charge is 0.438 e. The van der Waals surface area contributed by atoms with Gasteiger partial charge in [0.1, 0.15) is 0 Å². The monoisotopic (exact) mass is 534 g/mol. The van der Waals surface area contributed by atoms with E-state index >= 15 is 0 Å². The molecule has 1 saturated heterocycles. The van der Waals surface area contributed by atoms with Crippen LogP contribution in [0.3, 0.4) is 0 Å². The van der Waals surface area contributed by atoms with E-state index in [2.05, 4.69) is 15.6 Å². The Labute approximate surface area is 233 Å². The maximum absolute atomic E-state index is 13.5. The van der Waals surface area contributed by atoms with Gasteiger partial charge in [-0.3, -0.25) is 19.5 Å². The van der Waals surface area contributed by atoms with E-state index in [0.717, 1.165) is 16.8 Å². The summed E-state index contributed by atoms with van der Waals surface area (Å²) in [7, 11) is 0. The Bertz CT molecular complexity index is 1430. The van der Waals surface area contributed by atoms with Crippen LogP contribution in [0, 0.1) is 0 Å². The lowest BCUT2D eigenvalue weighted by Crippen LogP contribution is -2.46. The minimum absolute atomic E-state index is 0.134. The van der Waals surface area contributed by atoms with Gasteiger partial charge in [0.05, 0.1) is 13.0 Å². The van der Waals surface area contributed by atoms with Gasteiger partial charge in [-0.1, -0.05) is 78.9 Å². The predicted octanol–water partition coefficient (Wildman–Crippen LogP) is 4.68. The van der Waals surface area contributed by atoms with Crippen LogP contribution in [0.25, 0.3) is 0 Å². The highest BCUT2D eigenvalue weighted by Crippen LogP contribution is 2.34. The highest BCUT2D eigenvalue weighted by Gasteiger charge is 2.46. The molecule has 3 amide bonds. The normalized spacial score (nSPS) is 16.3. The molecule has 4 aromatic rings. The zero-order valence-corrected chi connectivity index (χ0v) is 21.9. The molecule has 2 unspecified atom stereocenters. The lowest BCUT2D eigenvalue weighted by atomic mass is 10.00. The SMILES string of the molecule is O=C(Cc1ccccc1)Nc1ccc(C2OC(=O)N(Cc3ccccc3)C2C(=O)NCCc2ccccn2)cc1. The first-order valence-electron chi connectivity index (χ1n) is 13.2. The van der Waals surface area contributed by atoms with E-state index in [0.29, 0.717) is 24.2 Å². The summed E-state index contributed by atoms with van der Waals surface area (Å²) in [4.78, 5) is 44.8. The maximum Gasteiger partial charge on any atom is 0.411 e. The Hall–Kier alpha value is -4.98. The van der Waals surface area contributed by atoms with E-state index in [4.69, 9.17) is 4.74 Å². The number of anilines is 1. The first-order chi connectivity index (χ1) is 19.6. The zero-order valence-electron chi connectivity index (χ0n) is 21.9. The molecule has 0 bridgehead atoms. The summed E-state index contributed by atoms with van der Waals surface area (Å²) >= 11 is 0. The fourth-order valence-corrected chi connectivity index (χ4v) is 4.70. The van der Waals surface area contributed by atoms with E-state index < -0.39 is 18.2 Å². The minimum atomic E-state index is -0.866. The molecule has 1 aliphatic rings. The molecule has 0 spiro atoms. The molecule has 2 atom stereocenters. The first-order valence-corrected chi connectivity index (χ1v) is 13.2. The molecule has 0 saturated carbocycles. The van der Waals surface area contributed by atoms with Gasteiger partial charge in [-0.15, -0.1) is 0 Å². The summed E-state index contributed by atoms with van der Waals surface area (Å²) in [6, 6.07) is 30.8. The second-order valence-corrected chi connectivity index (χ2v) is 9.56. The lowest BCUT2D eigenvalue weighted by molar-refractivity contribution is -0.126. The molecule has 3 aromatic carbocycles. The van der Waals surface area contributed by atoms with E-state index in [9.17, 15) is 14.4 Å². The molecular weight excluding hydrogens is 504 g/mol. The van der Waals surface area contributed by atoms with Gasteiger partial charge in [0, 0.05) is 30.5 Å². The van der Waals surface area contributed by atoms with E-state index in [1.165, 1.54) is 4.90 Å². The van der Waals surface area contributed by atoms with Crippen molar-refractivity contribution < 1.29 is 19.1 Å². The van der Waals surface area contributed by atoms with Gasteiger partial charge in [-0.2, -0.15) is 0 Å². The fourth-order valence-electron chi connectivity index (χ4n) is 4.70. The fraction of sp³-hybridized carbons (Fsp3) is 0.188. The number of pyridine rings is 1. The Morgan fingerprint density at radius 1 is 0.825 bits per heavy atom. The van der Waals surface area contributed by atoms with Crippen LogP contribution in [0.4, 0.5) is 10.5 Å². The molecule has 0 radical (unpaired) electrons. The van der Waals surface area contributed by atoms with Gasteiger partial charge in [0.25, 0.3) is 0 Å². The quantitative estimate of drug-likeness (QED) is 0.308. The van der Waals surface area contributed by atoms with Crippen LogP contribution in [0.1, 0.15) is 28.5 Å². The lowest BCUT2D eigenvalue weighted by Gasteiger charge is -2.24. The molecule has 1 aliphatic heterocycles. The molecule has 40 heavy (non-hydrogen) atoms. The van der Waals surface area contributed by atoms with Gasteiger partial charge in [0.15, 0.2) is 12.1 Å². The summed E-state index contributed by atoms with van der Waals surface area (Å²) in [5, 5.41) is 5.85. The van der Waals surface area contributed by atoms with Crippen LogP contribution in [0.5, 0.6) is 0 Å². The first kappa shape index (κ1) is 26.6. The van der Waals surface area contributed by atoms with Crippen molar-refractivity contribution in [2.45, 2.75) is 31.5 Å². The van der Waals surface area contributed by atoms with Crippen LogP contribution in [-0.4, -0.2) is 40.4 Å². The number of carbonyl (C=O) groups is 3. The molecule has 202 valence electrons. The third-order valence-electron chi connectivity index (χ3n) is 6.69. The number of benzene rings is 3. The topological polar surface area (TPSA) is 101 Å². The average Bonchev–Trinajstić information content (AvgIpc) is 3.30. The van der Waals surface area contributed by atoms with E-state index in [1.54, 1.807) is 30.5 Å². The van der Waals surface area contributed by atoms with Crippen LogP contribution in [0.2, 0.25) is 0 Å². The number of hydrogen-bond acceptors (Lipinski definition) is 5. The summed E-state index contributed by atoms with van der Waals surface area (Å²) in [6.07, 6.45) is 1.18. The smallest absolute Gasteiger partial charge is 0.411 e. The van der Waals surface area contributed by atoms with Crippen molar-refractivity contribution in [2.75, 3.05) is 11.9 Å². The molecule has 8 nitrogen and oxygen atoms in total. The molecule has 2 heterocycles. The minimum Gasteiger partial charge on any atom is -0.438 e. The molecule has 2 N–H and O–H groups in total. The van der Waals surface area contributed by atoms with Crippen molar-refractivity contribution in [2.24, 2.45) is 0 Å². The highest BCUT2D eigenvalue weighted by atomic mass is 16.6. The van der Waals surface area contributed by atoms with Crippen molar-refractivity contribution in [3.63, 3.8) is 0 Å². The van der Waals surface area contributed by atoms with E-state index in [1.807, 2.05) is 78.9 Å². The average molecular weight is 535 g/mol. The van der Waals surface area contributed by atoms with Crippen molar-refractivity contribution in [3.05, 3.63) is 132 Å². The van der Waals surface area contributed by atoms with Gasteiger partial charge in [0.2, 0.25) is 11.8 Å². The van der Waals surface area contributed by atoms with Crippen molar-refractivity contribution >= 4 is 23.6 Å². The Morgan fingerprint density at radius 2 is 1.50 bits per heavy atom. The summed E-state index contributed by atoms with van der Waals surface area (Å²) in [6.45, 7) is 0.612. The predicted molar refractivity (Wildman–Crippen MR) is 151 cm³/mol. The number of ether oxygens (including phenoxy) is 1. The number of nitrogens with one attached hydrogen (secondary N) is 2. The third kappa shape index (κ3) is 6.71. The number of cyclic esters (lactones) is 1. The molecule has 1 aromatic heterocycles. The summed E-state index contributed by atoms with van der Waals surface area (Å²) in [5.74, 6) is -0.437. The van der Waals surface area contributed by atoms with Crippen LogP contribution >= 0.6 is 0 Å². The Morgan fingerprint density at radius 3 is 2.17 bits per heavy atom. The second-order valence-electron chi connectivity index (χ2n) is 9.56. The van der Waals surface area contributed by atoms with Crippen LogP contribution in [0.15, 0.2) is 109 Å². The summed E-state index contributed by atoms with van der Waals surface area (Å²) in [5.41, 5.74) is 3.96. The summed E-state index contributed by atoms with van der Waals surface area (Å²) < 4.78 is 5.76. The van der Waals surface area contributed by atoms with Gasteiger partial charge >= 0.3 is 6.09 Å². The molecule has 0 aliphatic carbocycles. The number of hydrogen-bond donors (Lipinski definition) is 2. The van der Waals surface area contributed by atoms with Crippen LogP contribution < -0.4 is 10.6 Å².